The average molecular weight is 481 g/mol. The molecule has 2 aromatic carbocycles. The van der Waals surface area contributed by atoms with Crippen LogP contribution in [0.5, 0.6) is 0 Å². The van der Waals surface area contributed by atoms with Gasteiger partial charge >= 0.3 is 5.97 Å². The zero-order chi connectivity index (χ0) is 24.1. The maximum atomic E-state index is 13.8. The lowest BCUT2D eigenvalue weighted by molar-refractivity contribution is -0.137. The number of benzene rings is 2. The number of carboxylic acids is 1. The summed E-state index contributed by atoms with van der Waals surface area (Å²) in [5.41, 5.74) is 3.90. The van der Waals surface area contributed by atoms with Gasteiger partial charge in [0.2, 0.25) is 0 Å². The van der Waals surface area contributed by atoms with Gasteiger partial charge in [0, 0.05) is 30.1 Å². The monoisotopic (exact) mass is 480 g/mol. The molecule has 0 bridgehead atoms. The number of carboxylic acid groups (broad SMARTS) is 1. The average Bonchev–Trinajstić information content (AvgIpc) is 3.51. The van der Waals surface area contributed by atoms with E-state index in [0.29, 0.717) is 36.0 Å². The molecule has 2 heterocycles. The van der Waals surface area contributed by atoms with Crippen molar-refractivity contribution in [1.82, 2.24) is 19.3 Å². The van der Waals surface area contributed by atoms with Gasteiger partial charge in [0.15, 0.2) is 11.8 Å². The molecule has 10 heteroatoms. The molecule has 34 heavy (non-hydrogen) atoms. The van der Waals surface area contributed by atoms with Gasteiger partial charge in [-0.3, -0.25) is 0 Å². The zero-order valence-electron chi connectivity index (χ0n) is 18.8. The number of H-pyrrole nitrogens is 1. The molecule has 0 amide bonds. The Labute approximate surface area is 200 Å². The van der Waals surface area contributed by atoms with Crippen LogP contribution in [0.15, 0.2) is 48.8 Å². The Bertz CT molecular complexity index is 1260. The van der Waals surface area contributed by atoms with E-state index in [1.54, 1.807) is 19.3 Å². The molecule has 176 valence electrons. The van der Waals surface area contributed by atoms with Crippen molar-refractivity contribution in [2.45, 2.75) is 39.3 Å². The van der Waals surface area contributed by atoms with Gasteiger partial charge < -0.3 is 20.7 Å². The van der Waals surface area contributed by atoms with Gasteiger partial charge in [0.05, 0.1) is 6.54 Å². The molecule has 0 spiro atoms. The number of rotatable bonds is 10. The molecule has 1 unspecified atom stereocenters. The first kappa shape index (κ1) is 23.4. The smallest absolute Gasteiger partial charge is 0.326 e. The molecule has 0 aliphatic carbocycles. The number of nitrogens with one attached hydrogen (secondary N) is 3. The summed E-state index contributed by atoms with van der Waals surface area (Å²) in [6.45, 7) is 4.15. The first-order chi connectivity index (χ1) is 16.4. The van der Waals surface area contributed by atoms with E-state index >= 15 is 0 Å². The second kappa shape index (κ2) is 10.4. The largest absolute Gasteiger partial charge is 0.480 e. The Hall–Kier alpha value is -3.79. The fourth-order valence-electron chi connectivity index (χ4n) is 3.66. The zero-order valence-corrected chi connectivity index (χ0v) is 19.6. The molecule has 1 atom stereocenters. The van der Waals surface area contributed by atoms with Crippen LogP contribution in [-0.4, -0.2) is 36.4 Å². The number of anilines is 2. The van der Waals surface area contributed by atoms with Gasteiger partial charge in [0.25, 0.3) is 0 Å². The van der Waals surface area contributed by atoms with Crippen molar-refractivity contribution >= 4 is 29.1 Å². The second-order valence-electron chi connectivity index (χ2n) is 7.85. The van der Waals surface area contributed by atoms with Crippen molar-refractivity contribution in [2.75, 3.05) is 10.6 Å². The van der Waals surface area contributed by atoms with Crippen molar-refractivity contribution < 1.29 is 14.3 Å². The number of halogens is 1. The molecule has 0 fully saturated rings. The summed E-state index contributed by atoms with van der Waals surface area (Å²) in [4.78, 5) is 23.6. The number of nitrogens with zero attached hydrogens (tertiary/aromatic N) is 3. The van der Waals surface area contributed by atoms with E-state index in [9.17, 15) is 14.3 Å². The molecule has 0 aliphatic rings. The molecule has 4 N–H and O–H groups in total. The third kappa shape index (κ3) is 5.57. The Morgan fingerprint density at radius 2 is 2.06 bits per heavy atom. The second-order valence-corrected chi connectivity index (χ2v) is 8.61. The predicted molar refractivity (Wildman–Crippen MR) is 131 cm³/mol. The van der Waals surface area contributed by atoms with E-state index in [2.05, 4.69) is 30.0 Å². The number of aromatic nitrogens is 4. The molecule has 2 aromatic heterocycles. The number of hydrogen-bond acceptors (Lipinski definition) is 7. The van der Waals surface area contributed by atoms with Gasteiger partial charge in [-0.2, -0.15) is 4.37 Å². The predicted octanol–water partition coefficient (Wildman–Crippen LogP) is 4.66. The number of aryl methyl sites for hydroxylation is 2. The summed E-state index contributed by atoms with van der Waals surface area (Å²) in [7, 11) is 0. The van der Waals surface area contributed by atoms with E-state index in [1.807, 2.05) is 31.2 Å². The van der Waals surface area contributed by atoms with Crippen LogP contribution in [-0.2, 0) is 24.2 Å². The summed E-state index contributed by atoms with van der Waals surface area (Å²) < 4.78 is 18.1. The van der Waals surface area contributed by atoms with Crippen LogP contribution in [0, 0.1) is 12.7 Å². The number of carbonyl (C=O) groups is 1. The van der Waals surface area contributed by atoms with Crippen LogP contribution < -0.4 is 10.6 Å². The highest BCUT2D eigenvalue weighted by molar-refractivity contribution is 7.09. The minimum Gasteiger partial charge on any atom is -0.480 e. The standard InChI is InChI=1S/C24H25FN6O2S/c1-3-16-12-18(25)10-14(2)21(16)29-19(23(32)33)11-15-4-6-17(7-5-15)22-30-20(31-34-22)13-28-24-26-8-9-27-24/h4-10,12,19,29H,3,11,13H2,1-2H3,(H,32,33)(H2,26,27,28). The van der Waals surface area contributed by atoms with Crippen LogP contribution in [0.1, 0.15) is 29.4 Å². The minimum atomic E-state index is -0.965. The number of aliphatic carboxylic acids is 1. The highest BCUT2D eigenvalue weighted by atomic mass is 32.1. The van der Waals surface area contributed by atoms with Crippen molar-refractivity contribution in [1.29, 1.82) is 0 Å². The molecule has 4 rings (SSSR count). The summed E-state index contributed by atoms with van der Waals surface area (Å²) in [5.74, 6) is 0.0350. The first-order valence-corrected chi connectivity index (χ1v) is 11.6. The fraction of sp³-hybridized carbons (Fsp3) is 0.250. The lowest BCUT2D eigenvalue weighted by Crippen LogP contribution is -2.32. The number of imidazole rings is 1. The molecular weight excluding hydrogens is 455 g/mol. The van der Waals surface area contributed by atoms with E-state index in [1.165, 1.54) is 23.7 Å². The fourth-order valence-corrected chi connectivity index (χ4v) is 4.34. The number of hydrogen-bond donors (Lipinski definition) is 4. The Morgan fingerprint density at radius 1 is 1.26 bits per heavy atom. The Balaban J connectivity index is 1.43. The highest BCUT2D eigenvalue weighted by Crippen LogP contribution is 2.26. The molecule has 8 nitrogen and oxygen atoms in total. The summed E-state index contributed by atoms with van der Waals surface area (Å²) in [6, 6.07) is 9.64. The summed E-state index contributed by atoms with van der Waals surface area (Å²) in [6.07, 6.45) is 4.28. The van der Waals surface area contributed by atoms with Crippen LogP contribution in [0.4, 0.5) is 16.0 Å². The molecule has 0 saturated carbocycles. The SMILES string of the molecule is CCc1cc(F)cc(C)c1NC(Cc1ccc(-c2nc(CNc3ncc[nH]3)ns2)cc1)C(=O)O. The third-order valence-electron chi connectivity index (χ3n) is 5.40. The number of aromatic amines is 1. The van der Waals surface area contributed by atoms with Crippen LogP contribution in [0.2, 0.25) is 0 Å². The van der Waals surface area contributed by atoms with E-state index in [-0.39, 0.29) is 12.2 Å². The van der Waals surface area contributed by atoms with Crippen molar-refractivity contribution in [3.05, 3.63) is 77.1 Å². The molecular formula is C24H25FN6O2S. The molecule has 0 saturated heterocycles. The maximum absolute atomic E-state index is 13.8. The lowest BCUT2D eigenvalue weighted by Gasteiger charge is -2.20. The Kier molecular flexibility index (Phi) is 7.17. The van der Waals surface area contributed by atoms with E-state index in [4.69, 9.17) is 0 Å². The van der Waals surface area contributed by atoms with Gasteiger partial charge in [-0.1, -0.05) is 31.2 Å². The minimum absolute atomic E-state index is 0.282. The first-order valence-electron chi connectivity index (χ1n) is 10.9. The quantitative estimate of drug-likeness (QED) is 0.261. The van der Waals surface area contributed by atoms with Crippen molar-refractivity contribution in [2.24, 2.45) is 0 Å². The van der Waals surface area contributed by atoms with E-state index in [0.717, 1.165) is 21.7 Å². The van der Waals surface area contributed by atoms with Gasteiger partial charge in [-0.05, 0) is 53.7 Å². The van der Waals surface area contributed by atoms with Gasteiger partial charge in [0.1, 0.15) is 16.9 Å². The topological polar surface area (TPSA) is 116 Å². The molecule has 0 radical (unpaired) electrons. The maximum Gasteiger partial charge on any atom is 0.326 e. The summed E-state index contributed by atoms with van der Waals surface area (Å²) in [5, 5.41) is 16.8. The normalized spacial score (nSPS) is 11.9. The lowest BCUT2D eigenvalue weighted by atomic mass is 10.0. The van der Waals surface area contributed by atoms with Crippen LogP contribution in [0.3, 0.4) is 0 Å². The molecule has 0 aliphatic heterocycles. The summed E-state index contributed by atoms with van der Waals surface area (Å²) >= 11 is 1.30. The van der Waals surface area contributed by atoms with Crippen LogP contribution >= 0.6 is 11.5 Å². The highest BCUT2D eigenvalue weighted by Gasteiger charge is 2.20. The van der Waals surface area contributed by atoms with Crippen molar-refractivity contribution in [3.8, 4) is 10.6 Å². The Morgan fingerprint density at radius 3 is 2.74 bits per heavy atom. The van der Waals surface area contributed by atoms with Crippen LogP contribution in [0.25, 0.3) is 10.6 Å². The van der Waals surface area contributed by atoms with Crippen molar-refractivity contribution in [3.63, 3.8) is 0 Å². The van der Waals surface area contributed by atoms with E-state index < -0.39 is 12.0 Å². The third-order valence-corrected chi connectivity index (χ3v) is 6.20. The van der Waals surface area contributed by atoms with Gasteiger partial charge in [-0.25, -0.2) is 19.2 Å². The van der Waals surface area contributed by atoms with Gasteiger partial charge in [-0.15, -0.1) is 0 Å². The molecule has 4 aromatic rings.